The predicted molar refractivity (Wildman–Crippen MR) is 80.8 cm³/mol. The Morgan fingerprint density at radius 1 is 1.45 bits per heavy atom. The summed E-state index contributed by atoms with van der Waals surface area (Å²) in [6.07, 6.45) is 3.88. The Morgan fingerprint density at radius 3 is 2.95 bits per heavy atom. The molecule has 3 nitrogen and oxygen atoms in total. The third-order valence-electron chi connectivity index (χ3n) is 4.28. The first-order valence-electron chi connectivity index (χ1n) is 7.49. The number of hydrogen-bond acceptors (Lipinski definition) is 3. The van der Waals surface area contributed by atoms with E-state index in [1.807, 2.05) is 19.1 Å². The Balaban J connectivity index is 2.10. The van der Waals surface area contributed by atoms with E-state index in [9.17, 15) is 5.26 Å². The minimum atomic E-state index is -0.407. The maximum Gasteiger partial charge on any atom is 0.122 e. The van der Waals surface area contributed by atoms with Crippen molar-refractivity contribution in [1.82, 2.24) is 5.32 Å². The average Bonchev–Trinajstić information content (AvgIpc) is 2.45. The lowest BCUT2D eigenvalue weighted by Crippen LogP contribution is -2.49. The minimum absolute atomic E-state index is 0.128. The molecule has 1 fully saturated rings. The Bertz CT molecular complexity index is 502. The van der Waals surface area contributed by atoms with E-state index in [0.717, 1.165) is 38.0 Å². The zero-order valence-corrected chi connectivity index (χ0v) is 12.7. The van der Waals surface area contributed by atoms with Gasteiger partial charge in [0.15, 0.2) is 0 Å². The van der Waals surface area contributed by atoms with Gasteiger partial charge in [-0.2, -0.15) is 5.26 Å². The van der Waals surface area contributed by atoms with Crippen LogP contribution >= 0.6 is 0 Å². The number of benzene rings is 1. The summed E-state index contributed by atoms with van der Waals surface area (Å²) in [5.41, 5.74) is 2.04. The fraction of sp³-hybridized carbons (Fsp3) is 0.588. The maximum absolute atomic E-state index is 9.49. The van der Waals surface area contributed by atoms with E-state index in [4.69, 9.17) is 4.74 Å². The van der Waals surface area contributed by atoms with Crippen molar-refractivity contribution >= 4 is 0 Å². The normalized spacial score (nSPS) is 26.0. The highest BCUT2D eigenvalue weighted by Crippen LogP contribution is 2.32. The van der Waals surface area contributed by atoms with Crippen LogP contribution in [0.5, 0.6) is 5.75 Å². The molecule has 0 radical (unpaired) electrons. The molecule has 1 N–H and O–H groups in total. The van der Waals surface area contributed by atoms with Gasteiger partial charge >= 0.3 is 0 Å². The smallest absolute Gasteiger partial charge is 0.122 e. The van der Waals surface area contributed by atoms with Crippen molar-refractivity contribution in [2.75, 3.05) is 6.54 Å². The standard InChI is InChI=1S/C17H24N2O/c1-4-19-17(12-18)10-6-8-15(11-17)20-16-9-5-7-13(2)14(16)3/h5,7,9,15,19H,4,6,8,10-11H2,1-3H3. The lowest BCUT2D eigenvalue weighted by molar-refractivity contribution is 0.112. The molecule has 3 heteroatoms. The van der Waals surface area contributed by atoms with E-state index in [1.165, 1.54) is 11.1 Å². The molecular formula is C17H24N2O. The van der Waals surface area contributed by atoms with Crippen LogP contribution < -0.4 is 10.1 Å². The largest absolute Gasteiger partial charge is 0.490 e. The molecule has 0 aromatic heterocycles. The van der Waals surface area contributed by atoms with Gasteiger partial charge in [-0.3, -0.25) is 5.32 Å². The molecule has 0 spiro atoms. The van der Waals surface area contributed by atoms with Crippen LogP contribution in [0.2, 0.25) is 0 Å². The van der Waals surface area contributed by atoms with Gasteiger partial charge in [-0.1, -0.05) is 19.1 Å². The van der Waals surface area contributed by atoms with Crippen molar-refractivity contribution in [2.45, 2.75) is 58.1 Å². The van der Waals surface area contributed by atoms with E-state index in [2.05, 4.69) is 31.3 Å². The van der Waals surface area contributed by atoms with Crippen LogP contribution in [0, 0.1) is 25.2 Å². The molecule has 2 atom stereocenters. The summed E-state index contributed by atoms with van der Waals surface area (Å²) < 4.78 is 6.18. The molecule has 0 heterocycles. The molecular weight excluding hydrogens is 248 g/mol. The highest BCUT2D eigenvalue weighted by Gasteiger charge is 2.36. The maximum atomic E-state index is 9.49. The van der Waals surface area contributed by atoms with Gasteiger partial charge < -0.3 is 4.74 Å². The van der Waals surface area contributed by atoms with Crippen molar-refractivity contribution in [1.29, 1.82) is 5.26 Å². The van der Waals surface area contributed by atoms with Crippen LogP contribution in [0.15, 0.2) is 18.2 Å². The second kappa shape index (κ2) is 6.28. The fourth-order valence-electron chi connectivity index (χ4n) is 3.00. The number of hydrogen-bond donors (Lipinski definition) is 1. The average molecular weight is 272 g/mol. The zero-order valence-electron chi connectivity index (χ0n) is 12.7. The van der Waals surface area contributed by atoms with Gasteiger partial charge in [0, 0.05) is 6.42 Å². The number of ether oxygens (including phenoxy) is 1. The van der Waals surface area contributed by atoms with Gasteiger partial charge in [0.05, 0.1) is 6.07 Å². The summed E-state index contributed by atoms with van der Waals surface area (Å²) in [5.74, 6) is 0.959. The Labute approximate surface area is 121 Å². The molecule has 1 aliphatic rings. The summed E-state index contributed by atoms with van der Waals surface area (Å²) in [6, 6.07) is 8.62. The van der Waals surface area contributed by atoms with Crippen LogP contribution in [0.4, 0.5) is 0 Å². The topological polar surface area (TPSA) is 45.0 Å². The second-order valence-corrected chi connectivity index (χ2v) is 5.76. The van der Waals surface area contributed by atoms with E-state index in [1.54, 1.807) is 0 Å². The van der Waals surface area contributed by atoms with Crippen LogP contribution in [-0.2, 0) is 0 Å². The van der Waals surface area contributed by atoms with Gasteiger partial charge in [-0.05, 0) is 56.8 Å². The van der Waals surface area contributed by atoms with Gasteiger partial charge in [-0.25, -0.2) is 0 Å². The van der Waals surface area contributed by atoms with Crippen LogP contribution in [0.1, 0.15) is 43.7 Å². The summed E-state index contributed by atoms with van der Waals surface area (Å²) in [7, 11) is 0. The third-order valence-corrected chi connectivity index (χ3v) is 4.28. The van der Waals surface area contributed by atoms with E-state index in [-0.39, 0.29) is 6.10 Å². The molecule has 1 aromatic rings. The quantitative estimate of drug-likeness (QED) is 0.912. The first-order chi connectivity index (χ1) is 9.60. The molecule has 20 heavy (non-hydrogen) atoms. The number of rotatable bonds is 4. The second-order valence-electron chi connectivity index (χ2n) is 5.76. The highest BCUT2D eigenvalue weighted by molar-refractivity contribution is 5.38. The molecule has 0 bridgehead atoms. The Hall–Kier alpha value is -1.53. The van der Waals surface area contributed by atoms with Gasteiger partial charge in [0.25, 0.3) is 0 Å². The van der Waals surface area contributed by atoms with E-state index < -0.39 is 5.54 Å². The molecule has 2 unspecified atom stereocenters. The summed E-state index contributed by atoms with van der Waals surface area (Å²) in [4.78, 5) is 0. The zero-order chi connectivity index (χ0) is 14.6. The third kappa shape index (κ3) is 3.13. The number of nitrogens with zero attached hydrogens (tertiary/aromatic N) is 1. The van der Waals surface area contributed by atoms with Gasteiger partial charge in [0.2, 0.25) is 0 Å². The Kier molecular flexibility index (Phi) is 4.67. The van der Waals surface area contributed by atoms with Gasteiger partial charge in [0.1, 0.15) is 17.4 Å². The monoisotopic (exact) mass is 272 g/mol. The molecule has 1 saturated carbocycles. The molecule has 1 aliphatic carbocycles. The van der Waals surface area contributed by atoms with Gasteiger partial charge in [-0.15, -0.1) is 0 Å². The van der Waals surface area contributed by atoms with Crippen LogP contribution in [-0.4, -0.2) is 18.2 Å². The molecule has 1 aromatic carbocycles. The van der Waals surface area contributed by atoms with E-state index in [0.29, 0.717) is 0 Å². The first kappa shape index (κ1) is 14.9. The lowest BCUT2D eigenvalue weighted by Gasteiger charge is -2.36. The van der Waals surface area contributed by atoms with Crippen molar-refractivity contribution in [3.8, 4) is 11.8 Å². The van der Waals surface area contributed by atoms with Crippen molar-refractivity contribution in [3.63, 3.8) is 0 Å². The van der Waals surface area contributed by atoms with Crippen LogP contribution in [0.3, 0.4) is 0 Å². The molecule has 0 amide bonds. The molecule has 0 saturated heterocycles. The molecule has 2 rings (SSSR count). The number of aryl methyl sites for hydroxylation is 1. The lowest BCUT2D eigenvalue weighted by atomic mass is 9.81. The molecule has 0 aliphatic heterocycles. The highest BCUT2D eigenvalue weighted by atomic mass is 16.5. The van der Waals surface area contributed by atoms with Crippen molar-refractivity contribution in [2.24, 2.45) is 0 Å². The van der Waals surface area contributed by atoms with Crippen molar-refractivity contribution < 1.29 is 4.74 Å². The summed E-state index contributed by atoms with van der Waals surface area (Å²) in [5, 5.41) is 12.8. The fourth-order valence-corrected chi connectivity index (χ4v) is 3.00. The van der Waals surface area contributed by atoms with E-state index >= 15 is 0 Å². The van der Waals surface area contributed by atoms with Crippen LogP contribution in [0.25, 0.3) is 0 Å². The minimum Gasteiger partial charge on any atom is -0.490 e. The number of nitriles is 1. The first-order valence-corrected chi connectivity index (χ1v) is 7.49. The van der Waals surface area contributed by atoms with Crippen molar-refractivity contribution in [3.05, 3.63) is 29.3 Å². The number of nitrogens with one attached hydrogen (secondary N) is 1. The molecule has 108 valence electrons. The predicted octanol–water partition coefficient (Wildman–Crippen LogP) is 3.50. The SMILES string of the molecule is CCNC1(C#N)CCCC(Oc2cccc(C)c2C)C1. The summed E-state index contributed by atoms with van der Waals surface area (Å²) >= 11 is 0. The Morgan fingerprint density at radius 2 is 2.25 bits per heavy atom. The summed E-state index contributed by atoms with van der Waals surface area (Å²) in [6.45, 7) is 7.06.